The van der Waals surface area contributed by atoms with Gasteiger partial charge in [0.25, 0.3) is 0 Å². The number of carbonyl (C=O) groups excluding carboxylic acids is 1. The molecule has 0 amide bonds. The molecule has 3 aromatic rings. The Morgan fingerprint density at radius 1 is 1.04 bits per heavy atom. The van der Waals surface area contributed by atoms with Crippen molar-refractivity contribution in [3.05, 3.63) is 88.4 Å². The van der Waals surface area contributed by atoms with E-state index < -0.39 is 5.97 Å². The molecule has 0 heterocycles. The highest BCUT2D eigenvalue weighted by molar-refractivity contribution is 6.31. The molecular weight excluding hydrogens is 378 g/mol. The molecule has 0 aliphatic rings. The van der Waals surface area contributed by atoms with Gasteiger partial charge in [-0.25, -0.2) is 0 Å². The van der Waals surface area contributed by atoms with Gasteiger partial charge in [0.15, 0.2) is 11.5 Å². The normalized spacial score (nSPS) is 10.4. The number of hydrogen-bond acceptors (Lipinski definition) is 5. The lowest BCUT2D eigenvalue weighted by atomic mass is 10.1. The van der Waals surface area contributed by atoms with Gasteiger partial charge >= 0.3 is 0 Å². The van der Waals surface area contributed by atoms with E-state index in [2.05, 4.69) is 5.32 Å². The fourth-order valence-electron chi connectivity index (χ4n) is 2.64. The van der Waals surface area contributed by atoms with Crippen molar-refractivity contribution in [3.8, 4) is 11.5 Å². The van der Waals surface area contributed by atoms with Crippen LogP contribution in [0.3, 0.4) is 0 Å². The number of ether oxygens (including phenoxy) is 2. The number of hydrogen-bond donors (Lipinski definition) is 1. The van der Waals surface area contributed by atoms with E-state index in [4.69, 9.17) is 21.1 Å². The number of rotatable bonds is 8. The highest BCUT2D eigenvalue weighted by Crippen LogP contribution is 2.30. The summed E-state index contributed by atoms with van der Waals surface area (Å²) in [5.74, 6) is 0.0619. The number of benzene rings is 3. The van der Waals surface area contributed by atoms with E-state index in [-0.39, 0.29) is 5.56 Å². The molecule has 0 fully saturated rings. The number of anilines is 1. The first-order chi connectivity index (χ1) is 13.6. The van der Waals surface area contributed by atoms with Crippen LogP contribution in [-0.4, -0.2) is 13.1 Å². The molecule has 0 aliphatic carbocycles. The molecule has 0 aliphatic heterocycles. The summed E-state index contributed by atoms with van der Waals surface area (Å²) in [7, 11) is 1.59. The van der Waals surface area contributed by atoms with Crippen molar-refractivity contribution in [2.45, 2.75) is 13.2 Å². The highest BCUT2D eigenvalue weighted by Gasteiger charge is 2.08. The molecule has 0 aromatic heterocycles. The first kappa shape index (κ1) is 19.6. The molecule has 3 rings (SSSR count). The third-order valence-electron chi connectivity index (χ3n) is 4.19. The first-order valence-corrected chi connectivity index (χ1v) is 9.03. The van der Waals surface area contributed by atoms with E-state index in [9.17, 15) is 9.90 Å². The van der Waals surface area contributed by atoms with Crippen molar-refractivity contribution in [2.75, 3.05) is 12.4 Å². The van der Waals surface area contributed by atoms with Crippen LogP contribution in [0.4, 0.5) is 5.69 Å². The third-order valence-corrected chi connectivity index (χ3v) is 4.56. The maximum Gasteiger partial charge on any atom is 0.161 e. The largest absolute Gasteiger partial charge is 0.545 e. The lowest BCUT2D eigenvalue weighted by Gasteiger charge is -2.14. The average Bonchev–Trinajstić information content (AvgIpc) is 2.72. The van der Waals surface area contributed by atoms with Gasteiger partial charge in [0, 0.05) is 22.8 Å². The van der Waals surface area contributed by atoms with Crippen molar-refractivity contribution in [2.24, 2.45) is 0 Å². The Balaban J connectivity index is 1.63. The summed E-state index contributed by atoms with van der Waals surface area (Å²) in [6.45, 7) is 0.893. The van der Waals surface area contributed by atoms with Crippen LogP contribution in [-0.2, 0) is 13.2 Å². The zero-order valence-corrected chi connectivity index (χ0v) is 16.0. The van der Waals surface area contributed by atoms with Crippen LogP contribution in [0.15, 0.2) is 66.7 Å². The minimum Gasteiger partial charge on any atom is -0.545 e. The maximum atomic E-state index is 10.8. The molecule has 0 saturated heterocycles. The number of carboxylic acid groups (broad SMARTS) is 1. The maximum absolute atomic E-state index is 10.8. The zero-order chi connectivity index (χ0) is 19.9. The van der Waals surface area contributed by atoms with Crippen LogP contribution in [0.1, 0.15) is 21.5 Å². The van der Waals surface area contributed by atoms with Gasteiger partial charge in [-0.1, -0.05) is 48.0 Å². The average molecular weight is 397 g/mol. The van der Waals surface area contributed by atoms with Crippen LogP contribution >= 0.6 is 11.6 Å². The molecule has 0 unspecified atom stereocenters. The molecule has 0 spiro atoms. The monoisotopic (exact) mass is 396 g/mol. The Morgan fingerprint density at radius 3 is 2.46 bits per heavy atom. The second-order valence-corrected chi connectivity index (χ2v) is 6.49. The van der Waals surface area contributed by atoms with Crippen molar-refractivity contribution < 1.29 is 19.4 Å². The Labute approximate surface area is 168 Å². The Kier molecular flexibility index (Phi) is 6.40. The topological polar surface area (TPSA) is 70.6 Å². The smallest absolute Gasteiger partial charge is 0.161 e. The summed E-state index contributed by atoms with van der Waals surface area (Å²) in [5, 5.41) is 14.7. The van der Waals surface area contributed by atoms with Crippen LogP contribution in [0.2, 0.25) is 5.02 Å². The number of carboxylic acids is 1. The van der Waals surface area contributed by atoms with E-state index in [1.807, 2.05) is 42.5 Å². The summed E-state index contributed by atoms with van der Waals surface area (Å²) in [6.07, 6.45) is 0. The van der Waals surface area contributed by atoms with Crippen molar-refractivity contribution in [1.82, 2.24) is 0 Å². The van der Waals surface area contributed by atoms with Gasteiger partial charge in [0.05, 0.1) is 13.1 Å². The van der Waals surface area contributed by atoms with Crippen molar-refractivity contribution in [3.63, 3.8) is 0 Å². The van der Waals surface area contributed by atoms with Crippen molar-refractivity contribution >= 4 is 23.3 Å². The minimum atomic E-state index is -1.19. The molecule has 3 aromatic carbocycles. The van der Waals surface area contributed by atoms with Gasteiger partial charge in [-0.3, -0.25) is 0 Å². The van der Waals surface area contributed by atoms with Gasteiger partial charge in [0.1, 0.15) is 6.61 Å². The molecule has 1 N–H and O–H groups in total. The number of nitrogens with one attached hydrogen (secondary N) is 1. The number of halogens is 1. The van der Waals surface area contributed by atoms with E-state index in [0.717, 1.165) is 16.8 Å². The van der Waals surface area contributed by atoms with Crippen LogP contribution in [0, 0.1) is 0 Å². The fraction of sp³-hybridized carbons (Fsp3) is 0.136. The Hall–Kier alpha value is -3.18. The van der Waals surface area contributed by atoms with Crippen molar-refractivity contribution in [1.29, 1.82) is 0 Å². The quantitative estimate of drug-likeness (QED) is 0.625. The molecule has 0 bridgehead atoms. The summed E-state index contributed by atoms with van der Waals surface area (Å²) in [4.78, 5) is 10.8. The molecule has 144 valence electrons. The summed E-state index contributed by atoms with van der Waals surface area (Å²) < 4.78 is 11.3. The molecular formula is C22H19ClNO4-. The lowest BCUT2D eigenvalue weighted by Crippen LogP contribution is -2.21. The zero-order valence-electron chi connectivity index (χ0n) is 15.3. The van der Waals surface area contributed by atoms with E-state index in [0.29, 0.717) is 29.7 Å². The van der Waals surface area contributed by atoms with E-state index >= 15 is 0 Å². The molecule has 0 radical (unpaired) electrons. The third kappa shape index (κ3) is 4.96. The standard InChI is InChI=1S/C22H20ClNO4/c1-27-21-12-15(13-24-18-9-7-16(8-10-18)22(25)26)6-11-20(21)28-14-17-4-2-3-5-19(17)23/h2-12,24H,13-14H2,1H3,(H,25,26)/p-1. The minimum absolute atomic E-state index is 0.146. The SMILES string of the molecule is COc1cc(CNc2ccc(C(=O)[O-])cc2)ccc1OCc1ccccc1Cl. The predicted molar refractivity (Wildman–Crippen MR) is 107 cm³/mol. The van der Waals surface area contributed by atoms with Gasteiger partial charge in [0.2, 0.25) is 0 Å². The summed E-state index contributed by atoms with van der Waals surface area (Å²) in [5.41, 5.74) is 2.85. The van der Waals surface area contributed by atoms with E-state index in [1.165, 1.54) is 12.1 Å². The fourth-order valence-corrected chi connectivity index (χ4v) is 2.83. The summed E-state index contributed by atoms with van der Waals surface area (Å²) in [6, 6.07) is 19.6. The number of aromatic carboxylic acids is 1. The number of carbonyl (C=O) groups is 1. The van der Waals surface area contributed by atoms with E-state index in [1.54, 1.807) is 19.2 Å². The molecule has 5 nitrogen and oxygen atoms in total. The van der Waals surface area contributed by atoms with Crippen LogP contribution < -0.4 is 19.9 Å². The van der Waals surface area contributed by atoms with Gasteiger partial charge in [-0.15, -0.1) is 0 Å². The Morgan fingerprint density at radius 2 is 1.79 bits per heavy atom. The van der Waals surface area contributed by atoms with Gasteiger partial charge in [-0.05, 0) is 41.5 Å². The summed E-state index contributed by atoms with van der Waals surface area (Å²) >= 11 is 6.16. The molecule has 0 saturated carbocycles. The molecule has 28 heavy (non-hydrogen) atoms. The second kappa shape index (κ2) is 9.15. The molecule has 6 heteroatoms. The Bertz CT molecular complexity index is 957. The molecule has 0 atom stereocenters. The van der Waals surface area contributed by atoms with Gasteiger partial charge < -0.3 is 24.7 Å². The lowest BCUT2D eigenvalue weighted by molar-refractivity contribution is -0.255. The predicted octanol–water partition coefficient (Wildman–Crippen LogP) is 3.90. The van der Waals surface area contributed by atoms with Gasteiger partial charge in [-0.2, -0.15) is 0 Å². The highest BCUT2D eigenvalue weighted by atomic mass is 35.5. The number of methoxy groups -OCH3 is 1. The van der Waals surface area contributed by atoms with Crippen LogP contribution in [0.5, 0.6) is 11.5 Å². The second-order valence-electron chi connectivity index (χ2n) is 6.08. The van der Waals surface area contributed by atoms with Crippen LogP contribution in [0.25, 0.3) is 0 Å². The first-order valence-electron chi connectivity index (χ1n) is 8.65.